The van der Waals surface area contributed by atoms with Gasteiger partial charge in [0.25, 0.3) is 0 Å². The summed E-state index contributed by atoms with van der Waals surface area (Å²) in [6, 6.07) is 10.4. The van der Waals surface area contributed by atoms with Gasteiger partial charge < -0.3 is 0 Å². The van der Waals surface area contributed by atoms with Gasteiger partial charge in [0.15, 0.2) is 0 Å². The minimum absolute atomic E-state index is 0. The number of rotatable bonds is 7. The maximum Gasteiger partial charge on any atom is 1.00 e. The molecule has 3 aliphatic heterocycles. The van der Waals surface area contributed by atoms with Gasteiger partial charge in [-0.25, -0.2) is 0 Å². The molecule has 124 valence electrons. The molecule has 0 nitrogen and oxygen atoms in total. The summed E-state index contributed by atoms with van der Waals surface area (Å²) >= 11 is 0. The van der Waals surface area contributed by atoms with Gasteiger partial charge in [0, 0.05) is 7.59 Å². The topological polar surface area (TPSA) is 0 Å². The van der Waals surface area contributed by atoms with Gasteiger partial charge in [-0.3, -0.25) is 7.35 Å². The zero-order chi connectivity index (χ0) is 16.3. The van der Waals surface area contributed by atoms with Crippen molar-refractivity contribution in [2.75, 3.05) is 0 Å². The Balaban J connectivity index is 0.00000242. The van der Waals surface area contributed by atoms with Crippen molar-refractivity contribution in [2.45, 2.75) is 97.4 Å². The molecule has 0 aromatic heterocycles. The summed E-state index contributed by atoms with van der Waals surface area (Å²) in [5.74, 6) is 0. The maximum absolute atomic E-state index is 2.88. The molecule has 3 rings (SSSR count). The summed E-state index contributed by atoms with van der Waals surface area (Å²) in [5, 5.41) is 0. The quantitative estimate of drug-likeness (QED) is 0.548. The van der Waals surface area contributed by atoms with Crippen LogP contribution >= 0.6 is 0 Å². The molecule has 0 spiro atoms. The third-order valence-corrected chi connectivity index (χ3v) is 201. The van der Waals surface area contributed by atoms with Crippen molar-refractivity contribution in [3.63, 3.8) is 0 Å². The standard InChI is InChI=1S/C15H39Si6.K/c1-10-18(11-2)16-19(12-3,13-4)21(18,17(7,8)9)20(16,14-5)15-6;/h10-15H2,1-9H3;/q-1;+1. The predicted octanol–water partition coefficient (Wildman–Crippen LogP) is 2.31. The van der Waals surface area contributed by atoms with Crippen LogP contribution in [-0.4, -0.2) is 42.4 Å². The van der Waals surface area contributed by atoms with Gasteiger partial charge in [-0.2, -0.15) is 0 Å². The van der Waals surface area contributed by atoms with Crippen LogP contribution in [0.2, 0.25) is 55.9 Å². The Morgan fingerprint density at radius 1 is 0.591 bits per heavy atom. The van der Waals surface area contributed by atoms with Crippen molar-refractivity contribution in [3.8, 4) is 0 Å². The van der Waals surface area contributed by atoms with Gasteiger partial charge in [0.1, 0.15) is 0 Å². The van der Waals surface area contributed by atoms with Crippen molar-refractivity contribution >= 4 is 42.4 Å². The van der Waals surface area contributed by atoms with Crippen LogP contribution in [0.4, 0.5) is 0 Å². The molecule has 0 saturated carbocycles. The van der Waals surface area contributed by atoms with Crippen molar-refractivity contribution in [1.29, 1.82) is 0 Å². The van der Waals surface area contributed by atoms with E-state index in [1.807, 2.05) is 0 Å². The fraction of sp³-hybridized carbons (Fsp3) is 1.00. The Hall–Kier alpha value is 2.94. The minimum atomic E-state index is -0.915. The van der Waals surface area contributed by atoms with E-state index in [-0.39, 0.29) is 58.7 Å². The molecule has 3 saturated heterocycles. The van der Waals surface area contributed by atoms with Gasteiger partial charge in [0.05, 0.1) is 0 Å². The fourth-order valence-electron chi connectivity index (χ4n) is 8.68. The van der Waals surface area contributed by atoms with Crippen molar-refractivity contribution < 1.29 is 51.4 Å². The summed E-state index contributed by atoms with van der Waals surface area (Å²) in [6.07, 6.45) is -0.793. The third-order valence-electron chi connectivity index (χ3n) is 8.34. The second kappa shape index (κ2) is 7.16. The van der Waals surface area contributed by atoms with Crippen LogP contribution in [0.25, 0.3) is 0 Å². The first-order chi connectivity index (χ1) is 9.73. The van der Waals surface area contributed by atoms with E-state index in [1.54, 1.807) is 36.3 Å². The van der Waals surface area contributed by atoms with E-state index in [0.717, 1.165) is 0 Å². The molecular weight excluding hydrogens is 388 g/mol. The fourth-order valence-corrected chi connectivity index (χ4v) is 395. The van der Waals surface area contributed by atoms with Gasteiger partial charge in [-0.15, -0.1) is 21.3 Å². The van der Waals surface area contributed by atoms with Crippen LogP contribution in [0.1, 0.15) is 41.5 Å². The van der Waals surface area contributed by atoms with E-state index in [9.17, 15) is 0 Å². The molecule has 0 aromatic rings. The third kappa shape index (κ3) is 1.97. The molecule has 0 aromatic carbocycles. The summed E-state index contributed by atoms with van der Waals surface area (Å²) in [4.78, 5) is 0. The first-order valence-corrected chi connectivity index (χ1v) is 30.9. The Labute approximate surface area is 188 Å². The molecule has 7 heteroatoms. The zero-order valence-corrected chi connectivity index (χ0v) is 26.4. The summed E-state index contributed by atoms with van der Waals surface area (Å²) in [5.41, 5.74) is 0. The Morgan fingerprint density at radius 3 is 0.955 bits per heavy atom. The zero-order valence-electron chi connectivity index (χ0n) is 17.2. The van der Waals surface area contributed by atoms with Crippen LogP contribution < -0.4 is 51.4 Å². The molecule has 3 fully saturated rings. The molecule has 0 N–H and O–H groups in total. The molecule has 3 heterocycles. The second-order valence-corrected chi connectivity index (χ2v) is 79.5. The van der Waals surface area contributed by atoms with Crippen LogP contribution in [0, 0.1) is 0 Å². The second-order valence-electron chi connectivity index (χ2n) is 8.74. The van der Waals surface area contributed by atoms with Crippen LogP contribution in [-0.2, 0) is 0 Å². The SMILES string of the molecule is CC[Si]1(CC)[Si-]2[Si](CC)(CC)[Si]1([Si](C)(C)C)[Si]2(CC)CC.[K+]. The summed E-state index contributed by atoms with van der Waals surface area (Å²) in [7, 11) is -2.82. The van der Waals surface area contributed by atoms with Crippen LogP contribution in [0.15, 0.2) is 0 Å². The van der Waals surface area contributed by atoms with E-state index < -0.39 is 35.1 Å². The predicted molar refractivity (Wildman–Crippen MR) is 115 cm³/mol. The molecule has 3 aliphatic rings. The average molecular weight is 427 g/mol. The largest absolute Gasteiger partial charge is 1.00 e. The number of hydrogen-bond acceptors (Lipinski definition) is 0. The summed E-state index contributed by atoms with van der Waals surface area (Å²) in [6.45, 7) is 24.6. The van der Waals surface area contributed by atoms with Crippen LogP contribution in [0.3, 0.4) is 0 Å². The van der Waals surface area contributed by atoms with Gasteiger partial charge >= 0.3 is 51.4 Å². The van der Waals surface area contributed by atoms with Crippen molar-refractivity contribution in [3.05, 3.63) is 0 Å². The van der Waals surface area contributed by atoms with E-state index in [0.29, 0.717) is 0 Å². The average Bonchev–Trinajstić information content (AvgIpc) is 2.39. The Kier molecular flexibility index (Phi) is 7.48. The molecule has 0 radical (unpaired) electrons. The summed E-state index contributed by atoms with van der Waals surface area (Å²) < 4.78 is 0. The first kappa shape index (κ1) is 23.0. The van der Waals surface area contributed by atoms with Gasteiger partial charge in [0.2, 0.25) is 0 Å². The van der Waals surface area contributed by atoms with E-state index >= 15 is 0 Å². The van der Waals surface area contributed by atoms with Gasteiger partial charge in [-0.1, -0.05) is 104 Å². The van der Waals surface area contributed by atoms with E-state index in [4.69, 9.17) is 0 Å². The molecular formula is C15H39KSi6. The normalized spacial score (nSPS) is 26.6. The van der Waals surface area contributed by atoms with Crippen LogP contribution in [0.5, 0.6) is 0 Å². The molecule has 0 atom stereocenters. The van der Waals surface area contributed by atoms with E-state index in [2.05, 4.69) is 61.2 Å². The first-order valence-electron chi connectivity index (χ1n) is 9.61. The van der Waals surface area contributed by atoms with Gasteiger partial charge in [-0.05, 0) is 0 Å². The maximum atomic E-state index is 2.88. The molecule has 2 bridgehead atoms. The molecule has 0 amide bonds. The number of hydrogen-bond donors (Lipinski definition) is 0. The van der Waals surface area contributed by atoms with E-state index in [1.165, 1.54) is 0 Å². The van der Waals surface area contributed by atoms with Crippen molar-refractivity contribution in [1.82, 2.24) is 0 Å². The monoisotopic (exact) mass is 426 g/mol. The Bertz CT molecular complexity index is 356. The van der Waals surface area contributed by atoms with Crippen molar-refractivity contribution in [2.24, 2.45) is 0 Å². The molecule has 22 heavy (non-hydrogen) atoms. The molecule has 0 unspecified atom stereocenters. The Morgan fingerprint density at radius 2 is 0.818 bits per heavy atom. The molecule has 0 aliphatic carbocycles. The smallest absolute Gasteiger partial charge is 0.259 e. The minimum Gasteiger partial charge on any atom is -0.259 e.